The van der Waals surface area contributed by atoms with Crippen molar-refractivity contribution in [1.29, 1.82) is 0 Å². The molecule has 0 aliphatic rings. The zero-order valence-electron chi connectivity index (χ0n) is 15.8. The Labute approximate surface area is 131 Å². The van der Waals surface area contributed by atoms with Gasteiger partial charge in [-0.15, -0.1) is 0 Å². The highest BCUT2D eigenvalue weighted by molar-refractivity contribution is 4.76. The van der Waals surface area contributed by atoms with Crippen LogP contribution in [-0.4, -0.2) is 41.0 Å². The molecule has 5 nitrogen and oxygen atoms in total. The topological polar surface area (TPSA) is 84.9 Å². The molecule has 0 spiro atoms. The summed E-state index contributed by atoms with van der Waals surface area (Å²) in [6.07, 6.45) is -0.602. The van der Waals surface area contributed by atoms with Gasteiger partial charge in [0.2, 0.25) is 0 Å². The fourth-order valence-corrected chi connectivity index (χ4v) is 0.739. The minimum Gasteiger partial charge on any atom is -0.368 e. The van der Waals surface area contributed by atoms with Crippen LogP contribution in [0.5, 0.6) is 0 Å². The summed E-state index contributed by atoms with van der Waals surface area (Å²) in [6.45, 7) is 19.9. The van der Waals surface area contributed by atoms with Crippen LogP contribution in [0.4, 0.5) is 0 Å². The predicted octanol–water partition coefficient (Wildman–Crippen LogP) is 2.88. The molecule has 0 aromatic carbocycles. The van der Waals surface area contributed by atoms with E-state index in [0.29, 0.717) is 13.2 Å². The van der Waals surface area contributed by atoms with Crippen LogP contribution in [-0.2, 0) is 9.47 Å². The van der Waals surface area contributed by atoms with Crippen LogP contribution in [0.25, 0.3) is 0 Å². The summed E-state index contributed by atoms with van der Waals surface area (Å²) in [5.74, 6) is -1.01. The Kier molecular flexibility index (Phi) is 13.9. The molecule has 0 aliphatic carbocycles. The van der Waals surface area contributed by atoms with Crippen molar-refractivity contribution < 1.29 is 19.7 Å². The monoisotopic (exact) mass is 309 g/mol. The van der Waals surface area contributed by atoms with Gasteiger partial charge in [-0.2, -0.15) is 0 Å². The van der Waals surface area contributed by atoms with Crippen LogP contribution >= 0.6 is 0 Å². The molecule has 21 heavy (non-hydrogen) atoms. The molecular formula is C16H39NO4. The fourth-order valence-electron chi connectivity index (χ4n) is 0.739. The van der Waals surface area contributed by atoms with E-state index in [1.165, 1.54) is 0 Å². The zero-order valence-corrected chi connectivity index (χ0v) is 15.8. The maximum Gasteiger partial charge on any atom is 0.167 e. The number of ether oxygens (including phenoxy) is 2. The minimum atomic E-state index is -1.01. The predicted molar refractivity (Wildman–Crippen MR) is 89.0 cm³/mol. The molecule has 0 rings (SSSR count). The molecule has 0 radical (unpaired) electrons. The van der Waals surface area contributed by atoms with E-state index in [1.54, 1.807) is 13.8 Å². The second kappa shape index (κ2) is 11.4. The molecule has 0 amide bonds. The smallest absolute Gasteiger partial charge is 0.167 e. The fraction of sp³-hybridized carbons (Fsp3) is 1.00. The van der Waals surface area contributed by atoms with Crippen LogP contribution in [0, 0.1) is 5.41 Å². The van der Waals surface area contributed by atoms with Crippen molar-refractivity contribution in [3.05, 3.63) is 0 Å². The SMILES string of the molecule is CC(C)(C)N.CCOC(C)(O)C(C)(C)C.CCOC(C)O. The molecule has 2 atom stereocenters. The quantitative estimate of drug-likeness (QED) is 0.695. The first kappa shape index (κ1) is 25.7. The highest BCUT2D eigenvalue weighted by atomic mass is 16.6. The Morgan fingerprint density at radius 1 is 0.952 bits per heavy atom. The van der Waals surface area contributed by atoms with Gasteiger partial charge in [-0.1, -0.05) is 20.8 Å². The maximum atomic E-state index is 9.63. The first-order valence-corrected chi connectivity index (χ1v) is 7.53. The average molecular weight is 309 g/mol. The third kappa shape index (κ3) is 25.1. The summed E-state index contributed by atoms with van der Waals surface area (Å²) in [5.41, 5.74) is 5.13. The lowest BCUT2D eigenvalue weighted by molar-refractivity contribution is -0.245. The summed E-state index contributed by atoms with van der Waals surface area (Å²) in [6, 6.07) is 0. The zero-order chi connectivity index (χ0) is 17.9. The number of aliphatic hydroxyl groups is 2. The number of hydrogen-bond donors (Lipinski definition) is 3. The highest BCUT2D eigenvalue weighted by Crippen LogP contribution is 2.30. The molecule has 0 aliphatic heterocycles. The summed E-state index contributed by atoms with van der Waals surface area (Å²) in [4.78, 5) is 0. The van der Waals surface area contributed by atoms with E-state index in [4.69, 9.17) is 15.6 Å². The van der Waals surface area contributed by atoms with Gasteiger partial charge < -0.3 is 25.4 Å². The second-order valence-corrected chi connectivity index (χ2v) is 7.09. The van der Waals surface area contributed by atoms with E-state index in [2.05, 4.69) is 4.74 Å². The van der Waals surface area contributed by atoms with Crippen LogP contribution in [0.1, 0.15) is 69.2 Å². The van der Waals surface area contributed by atoms with Gasteiger partial charge in [0.25, 0.3) is 0 Å². The standard InChI is InChI=1S/C8H18O2.C4H11N.C4H10O2/c1-6-10-8(5,9)7(2,3)4;1-4(2,3)5;1-3-6-4(2)5/h9H,6H2,1-5H3;5H2,1-3H3;4-5H,3H2,1-2H3. The Morgan fingerprint density at radius 2 is 1.29 bits per heavy atom. The molecule has 0 saturated carbocycles. The Balaban J connectivity index is -0.000000252. The molecule has 0 heterocycles. The summed E-state index contributed by atoms with van der Waals surface area (Å²) >= 11 is 0. The lowest BCUT2D eigenvalue weighted by Gasteiger charge is -2.36. The van der Waals surface area contributed by atoms with Crippen LogP contribution in [0.15, 0.2) is 0 Å². The molecule has 2 unspecified atom stereocenters. The molecule has 0 saturated heterocycles. The third-order valence-corrected chi connectivity index (χ3v) is 2.22. The number of hydrogen-bond acceptors (Lipinski definition) is 5. The van der Waals surface area contributed by atoms with Crippen molar-refractivity contribution in [3.63, 3.8) is 0 Å². The number of aliphatic hydroxyl groups excluding tert-OH is 1. The Morgan fingerprint density at radius 3 is 1.33 bits per heavy atom. The van der Waals surface area contributed by atoms with Gasteiger partial charge in [-0.25, -0.2) is 0 Å². The summed E-state index contributed by atoms with van der Waals surface area (Å²) < 4.78 is 9.75. The first-order valence-electron chi connectivity index (χ1n) is 7.53. The van der Waals surface area contributed by atoms with Gasteiger partial charge in [-0.3, -0.25) is 0 Å². The molecule has 5 heteroatoms. The van der Waals surface area contributed by atoms with E-state index < -0.39 is 12.1 Å². The number of rotatable bonds is 4. The van der Waals surface area contributed by atoms with E-state index in [9.17, 15) is 5.11 Å². The Hall–Kier alpha value is -0.200. The highest BCUT2D eigenvalue weighted by Gasteiger charge is 2.35. The van der Waals surface area contributed by atoms with Crippen molar-refractivity contribution >= 4 is 0 Å². The van der Waals surface area contributed by atoms with Crippen LogP contribution in [0.3, 0.4) is 0 Å². The van der Waals surface area contributed by atoms with Crippen molar-refractivity contribution in [3.8, 4) is 0 Å². The van der Waals surface area contributed by atoms with Crippen molar-refractivity contribution in [2.45, 2.75) is 86.9 Å². The molecule has 0 bridgehead atoms. The van der Waals surface area contributed by atoms with E-state index in [1.807, 2.05) is 55.4 Å². The van der Waals surface area contributed by atoms with Gasteiger partial charge in [-0.05, 0) is 48.5 Å². The average Bonchev–Trinajstić information content (AvgIpc) is 2.13. The summed E-state index contributed by atoms with van der Waals surface area (Å²) in [7, 11) is 0. The Bertz CT molecular complexity index is 221. The van der Waals surface area contributed by atoms with E-state index >= 15 is 0 Å². The maximum absolute atomic E-state index is 9.63. The lowest BCUT2D eigenvalue weighted by atomic mass is 9.87. The summed E-state index contributed by atoms with van der Waals surface area (Å²) in [5, 5.41) is 18.0. The molecule has 0 aromatic rings. The largest absolute Gasteiger partial charge is 0.368 e. The van der Waals surface area contributed by atoms with Gasteiger partial charge in [0.15, 0.2) is 12.1 Å². The van der Waals surface area contributed by atoms with Crippen molar-refractivity contribution in [2.24, 2.45) is 11.1 Å². The normalized spacial score (nSPS) is 15.9. The van der Waals surface area contributed by atoms with Gasteiger partial charge >= 0.3 is 0 Å². The first-order chi connectivity index (χ1) is 9.08. The van der Waals surface area contributed by atoms with Gasteiger partial charge in [0, 0.05) is 24.2 Å². The number of nitrogens with two attached hydrogens (primary N) is 1. The molecular weight excluding hydrogens is 270 g/mol. The second-order valence-electron chi connectivity index (χ2n) is 7.09. The lowest BCUT2D eigenvalue weighted by Crippen LogP contribution is -2.42. The van der Waals surface area contributed by atoms with Gasteiger partial charge in [0.05, 0.1) is 0 Å². The minimum absolute atomic E-state index is 0. The third-order valence-electron chi connectivity index (χ3n) is 2.22. The molecule has 132 valence electrons. The van der Waals surface area contributed by atoms with E-state index in [0.717, 1.165) is 0 Å². The van der Waals surface area contributed by atoms with Gasteiger partial charge in [0.1, 0.15) is 0 Å². The van der Waals surface area contributed by atoms with Crippen LogP contribution < -0.4 is 5.73 Å². The van der Waals surface area contributed by atoms with E-state index in [-0.39, 0.29) is 11.0 Å². The molecule has 0 fully saturated rings. The molecule has 0 aromatic heterocycles. The molecule has 4 N–H and O–H groups in total. The van der Waals surface area contributed by atoms with Crippen LogP contribution in [0.2, 0.25) is 0 Å². The van der Waals surface area contributed by atoms with Crippen molar-refractivity contribution in [1.82, 2.24) is 0 Å². The van der Waals surface area contributed by atoms with Crippen molar-refractivity contribution in [2.75, 3.05) is 13.2 Å².